The lowest BCUT2D eigenvalue weighted by atomic mass is 9.97. The van der Waals surface area contributed by atoms with Gasteiger partial charge in [-0.3, -0.25) is 28.8 Å². The van der Waals surface area contributed by atoms with Crippen LogP contribution in [0.5, 0.6) is 0 Å². The molecule has 0 aliphatic carbocycles. The number of nitrogens with zero attached hydrogens (tertiary/aromatic N) is 3. The molecule has 6 atom stereocenters. The fraction of sp³-hybridized carbons (Fsp3) is 0.667. The van der Waals surface area contributed by atoms with Crippen molar-refractivity contribution in [2.24, 2.45) is 5.92 Å². The summed E-state index contributed by atoms with van der Waals surface area (Å²) in [6, 6.07) is 5.43. The van der Waals surface area contributed by atoms with E-state index in [1.807, 2.05) is 44.2 Å². The number of ether oxygens (including phenoxy) is 1. The van der Waals surface area contributed by atoms with Crippen molar-refractivity contribution in [2.75, 3.05) is 39.8 Å². The normalized spacial score (nSPS) is 28.0. The summed E-state index contributed by atoms with van der Waals surface area (Å²) < 4.78 is 5.90. The molecule has 0 unspecified atom stereocenters. The Bertz CT molecular complexity index is 1360. The van der Waals surface area contributed by atoms with E-state index in [2.05, 4.69) is 16.0 Å². The van der Waals surface area contributed by atoms with Gasteiger partial charge in [-0.05, 0) is 44.1 Å². The molecule has 2 bridgehead atoms. The van der Waals surface area contributed by atoms with E-state index in [0.717, 1.165) is 24.8 Å². The molecule has 1 aromatic carbocycles. The van der Waals surface area contributed by atoms with Crippen molar-refractivity contribution in [1.82, 2.24) is 30.7 Å². The van der Waals surface area contributed by atoms with Crippen LogP contribution in [0.25, 0.3) is 0 Å². The SMILES string of the molecule is CC(C)C[C@H]1NC(=O)CN(C(=O)CCN2CCCCCC2=O)C[C@H]2OCC[C@H](NC(=O)[C@H](Cc3ccccc3)NC(=O)[C@H](C)N(C)C1=O)[C@@H]2O. The molecule has 6 amide bonds. The van der Waals surface area contributed by atoms with Gasteiger partial charge in [-0.25, -0.2) is 0 Å². The number of nitrogens with one attached hydrogen (secondary N) is 3. The van der Waals surface area contributed by atoms with Gasteiger partial charge in [-0.2, -0.15) is 0 Å². The molecule has 14 heteroatoms. The monoisotopic (exact) mass is 698 g/mol. The summed E-state index contributed by atoms with van der Waals surface area (Å²) >= 11 is 0. The number of likely N-dealkylation sites (N-methyl/N-ethyl adjacent to an activating group) is 1. The van der Waals surface area contributed by atoms with Gasteiger partial charge >= 0.3 is 0 Å². The molecule has 0 radical (unpaired) electrons. The smallest absolute Gasteiger partial charge is 0.245 e. The average molecular weight is 699 g/mol. The summed E-state index contributed by atoms with van der Waals surface area (Å²) in [5.41, 5.74) is 0.803. The second kappa shape index (κ2) is 18.3. The molecule has 3 aliphatic rings. The second-order valence-corrected chi connectivity index (χ2v) is 14.1. The molecule has 3 saturated heterocycles. The van der Waals surface area contributed by atoms with E-state index in [1.165, 1.54) is 16.8 Å². The van der Waals surface area contributed by atoms with Gasteiger partial charge in [0, 0.05) is 46.0 Å². The van der Waals surface area contributed by atoms with Crippen LogP contribution in [0.4, 0.5) is 0 Å². The van der Waals surface area contributed by atoms with Crippen molar-refractivity contribution in [3.63, 3.8) is 0 Å². The van der Waals surface area contributed by atoms with Crippen LogP contribution in [-0.4, -0.2) is 131 Å². The first-order valence-electron chi connectivity index (χ1n) is 17.9. The molecule has 1 aromatic rings. The summed E-state index contributed by atoms with van der Waals surface area (Å²) in [6.07, 6.45) is 1.55. The van der Waals surface area contributed by atoms with Crippen LogP contribution in [0, 0.1) is 5.92 Å². The standard InChI is InChI=1S/C36H54N6O8/c1-23(2)19-28-36(49)40(4)24(3)34(47)39-27(20-25-11-7-5-8-12-25)35(48)38-26-15-18-50-29(33(26)46)21-42(22-30(43)37-28)32(45)14-17-41-16-10-6-9-13-31(41)44/h5,7-8,11-12,23-24,26-29,33,46H,6,9-10,13-22H2,1-4H3,(H,37,43)(H,38,48)(H,39,47)/t24-,26-,27-,28+,29+,33-/m0/s1. The highest BCUT2D eigenvalue weighted by atomic mass is 16.5. The quantitative estimate of drug-likeness (QED) is 0.316. The summed E-state index contributed by atoms with van der Waals surface area (Å²) in [5.74, 6) is -2.56. The van der Waals surface area contributed by atoms with Crippen LogP contribution in [0.1, 0.15) is 71.3 Å². The minimum absolute atomic E-state index is 0.00135. The zero-order chi connectivity index (χ0) is 36.4. The van der Waals surface area contributed by atoms with Crippen molar-refractivity contribution < 1.29 is 38.6 Å². The molecule has 3 heterocycles. The van der Waals surface area contributed by atoms with Gasteiger partial charge in [0.1, 0.15) is 30.3 Å². The molecule has 276 valence electrons. The third-order valence-electron chi connectivity index (χ3n) is 9.80. The number of hydrogen-bond donors (Lipinski definition) is 4. The van der Waals surface area contributed by atoms with Crippen molar-refractivity contribution in [2.45, 2.75) is 109 Å². The molecule has 3 fully saturated rings. The first-order chi connectivity index (χ1) is 23.8. The van der Waals surface area contributed by atoms with E-state index in [1.54, 1.807) is 11.8 Å². The third kappa shape index (κ3) is 10.7. The Morgan fingerprint density at radius 1 is 0.980 bits per heavy atom. The Labute approximate surface area is 294 Å². The number of carbonyl (C=O) groups excluding carboxylic acids is 6. The van der Waals surface area contributed by atoms with E-state index in [9.17, 15) is 33.9 Å². The highest BCUT2D eigenvalue weighted by molar-refractivity contribution is 5.95. The van der Waals surface area contributed by atoms with E-state index >= 15 is 0 Å². The lowest BCUT2D eigenvalue weighted by Crippen LogP contribution is -2.60. The molecule has 4 N–H and O–H groups in total. The van der Waals surface area contributed by atoms with Gasteiger partial charge in [-0.15, -0.1) is 0 Å². The summed E-state index contributed by atoms with van der Waals surface area (Å²) in [4.78, 5) is 85.3. The predicted molar refractivity (Wildman–Crippen MR) is 184 cm³/mol. The minimum Gasteiger partial charge on any atom is -0.388 e. The fourth-order valence-corrected chi connectivity index (χ4v) is 6.68. The highest BCUT2D eigenvalue weighted by Gasteiger charge is 2.39. The van der Waals surface area contributed by atoms with Crippen molar-refractivity contribution >= 4 is 35.4 Å². The van der Waals surface area contributed by atoms with Crippen molar-refractivity contribution in [1.29, 1.82) is 0 Å². The summed E-state index contributed by atoms with van der Waals surface area (Å²) in [6.45, 7) is 5.72. The van der Waals surface area contributed by atoms with Crippen LogP contribution in [0.15, 0.2) is 30.3 Å². The number of hydrogen-bond acceptors (Lipinski definition) is 8. The highest BCUT2D eigenvalue weighted by Crippen LogP contribution is 2.19. The minimum atomic E-state index is -1.23. The molecular formula is C36H54N6O8. The van der Waals surface area contributed by atoms with E-state index in [-0.39, 0.29) is 57.2 Å². The van der Waals surface area contributed by atoms with Crippen molar-refractivity contribution in [3.8, 4) is 0 Å². The van der Waals surface area contributed by atoms with Crippen LogP contribution in [-0.2, 0) is 39.9 Å². The maximum atomic E-state index is 13.8. The Hall–Kier alpha value is -4.04. The number of carbonyl (C=O) groups is 6. The van der Waals surface area contributed by atoms with E-state index in [4.69, 9.17) is 4.74 Å². The Morgan fingerprint density at radius 2 is 1.72 bits per heavy atom. The third-order valence-corrected chi connectivity index (χ3v) is 9.80. The maximum Gasteiger partial charge on any atom is 0.245 e. The number of fused-ring (bicyclic) bond motifs is 2. The molecule has 0 spiro atoms. The van der Waals surface area contributed by atoms with Crippen LogP contribution < -0.4 is 16.0 Å². The van der Waals surface area contributed by atoms with Gasteiger partial charge in [0.05, 0.1) is 19.1 Å². The first-order valence-corrected chi connectivity index (χ1v) is 17.9. The van der Waals surface area contributed by atoms with Crippen LogP contribution in [0.3, 0.4) is 0 Å². The van der Waals surface area contributed by atoms with Crippen LogP contribution >= 0.6 is 0 Å². The molecule has 50 heavy (non-hydrogen) atoms. The number of aliphatic hydroxyl groups excluding tert-OH is 1. The zero-order valence-electron chi connectivity index (χ0n) is 29.8. The maximum absolute atomic E-state index is 13.8. The van der Waals surface area contributed by atoms with E-state index < -0.39 is 72.5 Å². The molecule has 14 nitrogen and oxygen atoms in total. The van der Waals surface area contributed by atoms with Crippen LogP contribution in [0.2, 0.25) is 0 Å². The lowest BCUT2D eigenvalue weighted by molar-refractivity contribution is -0.146. The van der Waals surface area contributed by atoms with E-state index in [0.29, 0.717) is 13.0 Å². The van der Waals surface area contributed by atoms with Gasteiger partial charge in [0.2, 0.25) is 35.4 Å². The second-order valence-electron chi connectivity index (χ2n) is 14.1. The summed E-state index contributed by atoms with van der Waals surface area (Å²) in [7, 11) is 1.48. The fourth-order valence-electron chi connectivity index (χ4n) is 6.68. The van der Waals surface area contributed by atoms with Gasteiger partial charge < -0.3 is 40.5 Å². The molecule has 3 aliphatic heterocycles. The first kappa shape index (κ1) is 38.8. The number of likely N-dealkylation sites (tertiary alicyclic amines) is 1. The Kier molecular flexibility index (Phi) is 14.2. The Morgan fingerprint density at radius 3 is 2.44 bits per heavy atom. The number of benzene rings is 1. The molecular weight excluding hydrogens is 644 g/mol. The predicted octanol–water partition coefficient (Wildman–Crippen LogP) is 0.361. The lowest BCUT2D eigenvalue weighted by Gasteiger charge is -2.38. The Balaban J connectivity index is 1.63. The zero-order valence-corrected chi connectivity index (χ0v) is 29.8. The van der Waals surface area contributed by atoms with Gasteiger partial charge in [0.15, 0.2) is 0 Å². The topological polar surface area (TPSA) is 178 Å². The van der Waals surface area contributed by atoms with Gasteiger partial charge in [0.25, 0.3) is 0 Å². The average Bonchev–Trinajstić information content (AvgIpc) is 3.29. The number of aliphatic hydroxyl groups is 1. The molecule has 0 aromatic heterocycles. The summed E-state index contributed by atoms with van der Waals surface area (Å²) in [5, 5.41) is 19.9. The molecule has 4 rings (SSSR count). The largest absolute Gasteiger partial charge is 0.388 e. The number of amides is 6. The van der Waals surface area contributed by atoms with Crippen molar-refractivity contribution in [3.05, 3.63) is 35.9 Å². The molecule has 0 saturated carbocycles. The van der Waals surface area contributed by atoms with Gasteiger partial charge in [-0.1, -0.05) is 50.6 Å². The number of rotatable bonds is 7.